The van der Waals surface area contributed by atoms with E-state index >= 15 is 0 Å². The SMILES string of the molecule is CCN1CCC(Cc2cnn3c(N)ccnc23)C1. The molecule has 0 saturated carbocycles. The largest absolute Gasteiger partial charge is 0.384 e. The molecule has 0 amide bonds. The minimum atomic E-state index is 0.646. The molecule has 5 heteroatoms. The first kappa shape index (κ1) is 11.5. The second-order valence-corrected chi connectivity index (χ2v) is 5.03. The van der Waals surface area contributed by atoms with Gasteiger partial charge in [-0.25, -0.2) is 4.98 Å². The van der Waals surface area contributed by atoms with Crippen LogP contribution in [0.4, 0.5) is 5.82 Å². The molecule has 0 spiro atoms. The van der Waals surface area contributed by atoms with Gasteiger partial charge in [0.25, 0.3) is 0 Å². The number of likely N-dealkylation sites (tertiary alicyclic amines) is 1. The van der Waals surface area contributed by atoms with Gasteiger partial charge in [-0.1, -0.05) is 6.92 Å². The summed E-state index contributed by atoms with van der Waals surface area (Å²) in [5.41, 5.74) is 7.99. The van der Waals surface area contributed by atoms with Crippen LogP contribution in [0.3, 0.4) is 0 Å². The lowest BCUT2D eigenvalue weighted by molar-refractivity contribution is 0.342. The molecule has 2 N–H and O–H groups in total. The van der Waals surface area contributed by atoms with Crippen molar-refractivity contribution in [1.82, 2.24) is 19.5 Å². The topological polar surface area (TPSA) is 59.5 Å². The van der Waals surface area contributed by atoms with Gasteiger partial charge >= 0.3 is 0 Å². The van der Waals surface area contributed by atoms with E-state index in [9.17, 15) is 0 Å². The first-order valence-electron chi connectivity index (χ1n) is 6.57. The molecule has 1 atom stereocenters. The highest BCUT2D eigenvalue weighted by Crippen LogP contribution is 2.22. The zero-order valence-electron chi connectivity index (χ0n) is 10.7. The third-order valence-corrected chi connectivity index (χ3v) is 3.83. The van der Waals surface area contributed by atoms with E-state index in [1.807, 2.05) is 6.20 Å². The molecule has 1 saturated heterocycles. The number of rotatable bonds is 3. The molecule has 1 fully saturated rings. The Balaban J connectivity index is 1.81. The Kier molecular flexibility index (Phi) is 2.91. The molecule has 1 unspecified atom stereocenters. The number of nitrogen functional groups attached to an aromatic ring is 1. The number of fused-ring (bicyclic) bond motifs is 1. The van der Waals surface area contributed by atoms with E-state index in [1.165, 1.54) is 25.1 Å². The predicted octanol–water partition coefficient (Wildman–Crippen LogP) is 1.20. The smallest absolute Gasteiger partial charge is 0.160 e. The molecule has 0 radical (unpaired) electrons. The number of nitrogens with two attached hydrogens (primary N) is 1. The van der Waals surface area contributed by atoms with Crippen molar-refractivity contribution in [2.75, 3.05) is 25.4 Å². The molecule has 0 aromatic carbocycles. The van der Waals surface area contributed by atoms with Crippen LogP contribution in [-0.4, -0.2) is 39.1 Å². The van der Waals surface area contributed by atoms with Crippen molar-refractivity contribution in [3.63, 3.8) is 0 Å². The Morgan fingerprint density at radius 3 is 3.17 bits per heavy atom. The van der Waals surface area contributed by atoms with Gasteiger partial charge < -0.3 is 10.6 Å². The summed E-state index contributed by atoms with van der Waals surface area (Å²) in [6.45, 7) is 5.78. The maximum atomic E-state index is 5.87. The van der Waals surface area contributed by atoms with Crippen molar-refractivity contribution in [2.24, 2.45) is 5.92 Å². The molecule has 3 heterocycles. The van der Waals surface area contributed by atoms with Crippen molar-refractivity contribution < 1.29 is 0 Å². The molecule has 0 bridgehead atoms. The number of aromatic nitrogens is 3. The Morgan fingerprint density at radius 1 is 1.50 bits per heavy atom. The molecular weight excluding hydrogens is 226 g/mol. The van der Waals surface area contributed by atoms with Gasteiger partial charge in [0.15, 0.2) is 5.65 Å². The number of nitrogens with zero attached hydrogens (tertiary/aromatic N) is 4. The lowest BCUT2D eigenvalue weighted by Gasteiger charge is -2.12. The number of anilines is 1. The molecular formula is C13H19N5. The molecule has 2 aromatic heterocycles. The van der Waals surface area contributed by atoms with Gasteiger partial charge in [-0.15, -0.1) is 0 Å². The average Bonchev–Trinajstić information content (AvgIpc) is 2.98. The maximum absolute atomic E-state index is 5.87. The maximum Gasteiger partial charge on any atom is 0.160 e. The Morgan fingerprint density at radius 2 is 2.39 bits per heavy atom. The van der Waals surface area contributed by atoms with Gasteiger partial charge in [-0.3, -0.25) is 0 Å². The molecule has 5 nitrogen and oxygen atoms in total. The minimum Gasteiger partial charge on any atom is -0.384 e. The fraction of sp³-hybridized carbons (Fsp3) is 0.538. The van der Waals surface area contributed by atoms with Gasteiger partial charge in [0.1, 0.15) is 5.82 Å². The van der Waals surface area contributed by atoms with Crippen molar-refractivity contribution in [3.8, 4) is 0 Å². The van der Waals surface area contributed by atoms with Crippen LogP contribution in [0.5, 0.6) is 0 Å². The van der Waals surface area contributed by atoms with E-state index in [0.29, 0.717) is 5.82 Å². The van der Waals surface area contributed by atoms with E-state index in [-0.39, 0.29) is 0 Å². The first-order chi connectivity index (χ1) is 8.78. The van der Waals surface area contributed by atoms with E-state index in [4.69, 9.17) is 5.73 Å². The summed E-state index contributed by atoms with van der Waals surface area (Å²) in [4.78, 5) is 6.89. The second-order valence-electron chi connectivity index (χ2n) is 5.03. The van der Waals surface area contributed by atoms with Crippen LogP contribution in [0, 0.1) is 5.92 Å². The lowest BCUT2D eigenvalue weighted by Crippen LogP contribution is -2.20. The van der Waals surface area contributed by atoms with E-state index in [0.717, 1.165) is 24.5 Å². The van der Waals surface area contributed by atoms with Gasteiger partial charge in [-0.2, -0.15) is 9.61 Å². The van der Waals surface area contributed by atoms with Crippen LogP contribution in [0.1, 0.15) is 18.9 Å². The molecule has 18 heavy (non-hydrogen) atoms. The third kappa shape index (κ3) is 1.95. The van der Waals surface area contributed by atoms with Crippen LogP contribution < -0.4 is 5.73 Å². The van der Waals surface area contributed by atoms with Crippen molar-refractivity contribution >= 4 is 11.5 Å². The molecule has 0 aliphatic carbocycles. The summed E-state index contributed by atoms with van der Waals surface area (Å²) in [7, 11) is 0. The van der Waals surface area contributed by atoms with E-state index < -0.39 is 0 Å². The molecule has 96 valence electrons. The monoisotopic (exact) mass is 245 g/mol. The van der Waals surface area contributed by atoms with Gasteiger partial charge in [0, 0.05) is 18.3 Å². The van der Waals surface area contributed by atoms with Gasteiger partial charge in [-0.05, 0) is 37.9 Å². The molecule has 1 aliphatic rings. The normalized spacial score (nSPS) is 20.8. The highest BCUT2D eigenvalue weighted by atomic mass is 15.3. The zero-order valence-corrected chi connectivity index (χ0v) is 10.7. The van der Waals surface area contributed by atoms with E-state index in [2.05, 4.69) is 21.9 Å². The molecule has 2 aromatic rings. The van der Waals surface area contributed by atoms with Gasteiger partial charge in [0.05, 0.1) is 6.20 Å². The van der Waals surface area contributed by atoms with E-state index in [1.54, 1.807) is 16.8 Å². The van der Waals surface area contributed by atoms with Crippen molar-refractivity contribution in [3.05, 3.63) is 24.0 Å². The number of hydrogen-bond donors (Lipinski definition) is 1. The minimum absolute atomic E-state index is 0.646. The predicted molar refractivity (Wildman–Crippen MR) is 71.3 cm³/mol. The van der Waals surface area contributed by atoms with Crippen LogP contribution in [0.15, 0.2) is 18.5 Å². The van der Waals surface area contributed by atoms with Crippen molar-refractivity contribution in [1.29, 1.82) is 0 Å². The zero-order chi connectivity index (χ0) is 12.5. The summed E-state index contributed by atoms with van der Waals surface area (Å²) in [6, 6.07) is 1.78. The summed E-state index contributed by atoms with van der Waals surface area (Å²) in [6.07, 6.45) is 5.99. The molecule has 1 aliphatic heterocycles. The highest BCUT2D eigenvalue weighted by Gasteiger charge is 2.22. The molecule has 3 rings (SSSR count). The van der Waals surface area contributed by atoms with Crippen LogP contribution >= 0.6 is 0 Å². The van der Waals surface area contributed by atoms with Crippen molar-refractivity contribution in [2.45, 2.75) is 19.8 Å². The van der Waals surface area contributed by atoms with Crippen LogP contribution in [-0.2, 0) is 6.42 Å². The fourth-order valence-electron chi connectivity index (χ4n) is 2.78. The standard InChI is InChI=1S/C13H19N5/c1-2-17-6-4-10(9-17)7-11-8-16-18-12(14)3-5-15-13(11)18/h3,5,8,10H,2,4,6-7,9,14H2,1H3. The quantitative estimate of drug-likeness (QED) is 0.882. The van der Waals surface area contributed by atoms with Gasteiger partial charge in [0.2, 0.25) is 0 Å². The van der Waals surface area contributed by atoms with Crippen LogP contribution in [0.25, 0.3) is 5.65 Å². The summed E-state index contributed by atoms with van der Waals surface area (Å²) >= 11 is 0. The average molecular weight is 245 g/mol. The third-order valence-electron chi connectivity index (χ3n) is 3.83. The first-order valence-corrected chi connectivity index (χ1v) is 6.57. The summed E-state index contributed by atoms with van der Waals surface area (Å²) < 4.78 is 1.72. The summed E-state index contributed by atoms with van der Waals surface area (Å²) in [5, 5.41) is 4.31. The van der Waals surface area contributed by atoms with Crippen LogP contribution in [0.2, 0.25) is 0 Å². The second kappa shape index (κ2) is 4.57. The Bertz CT molecular complexity index is 547. The number of hydrogen-bond acceptors (Lipinski definition) is 4. The Labute approximate surface area is 107 Å². The lowest BCUT2D eigenvalue weighted by atomic mass is 10.0. The fourth-order valence-corrected chi connectivity index (χ4v) is 2.78. The Hall–Kier alpha value is -1.62. The summed E-state index contributed by atoms with van der Waals surface area (Å²) in [5.74, 6) is 1.37. The highest BCUT2D eigenvalue weighted by molar-refractivity contribution is 5.51.